The van der Waals surface area contributed by atoms with Gasteiger partial charge in [0.25, 0.3) is 11.8 Å². The van der Waals surface area contributed by atoms with E-state index < -0.39 is 21.3 Å². The normalized spacial score (nSPS) is 30.2. The molecule has 0 radical (unpaired) electrons. The average Bonchev–Trinajstić information content (AvgIpc) is 3.17. The third-order valence-corrected chi connectivity index (χ3v) is 6.46. The smallest absolute Gasteiger partial charge is 0.328 e. The van der Waals surface area contributed by atoms with Gasteiger partial charge in [0, 0.05) is 25.2 Å². The lowest BCUT2D eigenvalue weighted by atomic mass is 9.82. The zero-order chi connectivity index (χ0) is 18.9. The molecule has 144 valence electrons. The number of hydrogen-bond donors (Lipinski definition) is 0. The molecule has 2 fully saturated rings. The number of hydroxylamine groups is 2. The van der Waals surface area contributed by atoms with E-state index in [0.717, 1.165) is 0 Å². The molecule has 0 spiro atoms. The lowest BCUT2D eigenvalue weighted by Gasteiger charge is -2.30. The summed E-state index contributed by atoms with van der Waals surface area (Å²) in [6, 6.07) is 0. The van der Waals surface area contributed by atoms with E-state index in [1.54, 1.807) is 0 Å². The predicted molar refractivity (Wildman–Crippen MR) is 87.1 cm³/mol. The Balaban J connectivity index is 1.43. The van der Waals surface area contributed by atoms with E-state index in [1.165, 1.54) is 22.1 Å². The molecule has 9 nitrogen and oxygen atoms in total. The van der Waals surface area contributed by atoms with Crippen LogP contribution in [-0.4, -0.2) is 65.6 Å². The van der Waals surface area contributed by atoms with E-state index in [0.29, 0.717) is 32.2 Å². The lowest BCUT2D eigenvalue weighted by Crippen LogP contribution is -2.37. The molecule has 26 heavy (non-hydrogen) atoms. The molecule has 1 saturated heterocycles. The number of carbonyl (C=O) groups excluding carboxylic acids is 3. The molecule has 0 aromatic carbocycles. The molecule has 1 saturated carbocycles. The van der Waals surface area contributed by atoms with Gasteiger partial charge in [0.2, 0.25) is 0 Å². The lowest BCUT2D eigenvalue weighted by molar-refractivity contribution is -0.192. The third kappa shape index (κ3) is 4.30. The van der Waals surface area contributed by atoms with Crippen molar-refractivity contribution in [3.63, 3.8) is 0 Å². The molecular weight excluding hydrogens is 364 g/mol. The van der Waals surface area contributed by atoms with Gasteiger partial charge in [-0.3, -0.25) is 19.3 Å². The number of hydrogen-bond acceptors (Lipinski definition) is 8. The zero-order valence-corrected chi connectivity index (χ0v) is 15.0. The molecule has 1 unspecified atom stereocenters. The van der Waals surface area contributed by atoms with E-state index >= 15 is 0 Å². The van der Waals surface area contributed by atoms with Crippen LogP contribution in [0.5, 0.6) is 0 Å². The average molecular weight is 385 g/mol. The molecule has 1 atom stereocenters. The van der Waals surface area contributed by atoms with Crippen molar-refractivity contribution in [3.8, 4) is 0 Å². The van der Waals surface area contributed by atoms with E-state index in [1.807, 2.05) is 0 Å². The predicted octanol–water partition coefficient (Wildman–Crippen LogP) is -0.204. The molecule has 2 amide bonds. The van der Waals surface area contributed by atoms with E-state index in [4.69, 9.17) is 4.84 Å². The highest BCUT2D eigenvalue weighted by molar-refractivity contribution is 7.86. The van der Waals surface area contributed by atoms with Gasteiger partial charge in [0.1, 0.15) is 0 Å². The summed E-state index contributed by atoms with van der Waals surface area (Å²) < 4.78 is 33.0. The van der Waals surface area contributed by atoms with Crippen molar-refractivity contribution in [1.82, 2.24) is 9.96 Å². The van der Waals surface area contributed by atoms with Gasteiger partial charge >= 0.3 is 5.97 Å². The minimum atomic E-state index is -4.37. The van der Waals surface area contributed by atoms with Crippen LogP contribution in [0.4, 0.5) is 0 Å². The van der Waals surface area contributed by atoms with Gasteiger partial charge < -0.3 is 9.39 Å². The topological polar surface area (TPSA) is 124 Å². The fourth-order valence-corrected chi connectivity index (χ4v) is 4.41. The molecule has 0 N–H and O–H groups in total. The fraction of sp³-hybridized carbons (Fsp3) is 0.688. The monoisotopic (exact) mass is 385 g/mol. The summed E-state index contributed by atoms with van der Waals surface area (Å²) in [7, 11) is -4.37. The summed E-state index contributed by atoms with van der Waals surface area (Å²) in [5.74, 6) is -1.14. The minimum absolute atomic E-state index is 0.0842. The molecule has 1 aliphatic carbocycles. The van der Waals surface area contributed by atoms with Crippen LogP contribution in [0.15, 0.2) is 12.2 Å². The van der Waals surface area contributed by atoms with Crippen LogP contribution < -0.4 is 0 Å². The first-order chi connectivity index (χ1) is 12.2. The fourth-order valence-electron chi connectivity index (χ4n) is 3.67. The second-order valence-electron chi connectivity index (χ2n) is 7.04. The standard InChI is InChI=1S/C16H22N2O7S/c19-14-5-6-15(20)18(14)9-11-1-3-12(4-2-11)16(21)25-17-8-7-13(10-17)26(22,23)24/h5-6,11-13H,1-4,7-10H2,(H,22,23,24)/p-1. The Bertz CT molecular complexity index is 707. The summed E-state index contributed by atoms with van der Waals surface area (Å²) in [6.07, 6.45) is 5.27. The molecule has 0 aromatic rings. The van der Waals surface area contributed by atoms with E-state index in [2.05, 4.69) is 0 Å². The summed E-state index contributed by atoms with van der Waals surface area (Å²) in [5, 5.41) is 0.220. The molecule has 0 bridgehead atoms. The zero-order valence-electron chi connectivity index (χ0n) is 14.2. The largest absolute Gasteiger partial charge is 0.748 e. The Morgan fingerprint density at radius 3 is 2.27 bits per heavy atom. The first-order valence-electron chi connectivity index (χ1n) is 8.69. The summed E-state index contributed by atoms with van der Waals surface area (Å²) >= 11 is 0. The van der Waals surface area contributed by atoms with Crippen LogP contribution in [0, 0.1) is 11.8 Å². The van der Waals surface area contributed by atoms with Gasteiger partial charge in [-0.2, -0.15) is 0 Å². The molecular formula is C16H21N2O7S-. The summed E-state index contributed by atoms with van der Waals surface area (Å²) in [5.41, 5.74) is 0. The molecule has 0 aromatic heterocycles. The van der Waals surface area contributed by atoms with Crippen molar-refractivity contribution < 1.29 is 32.2 Å². The van der Waals surface area contributed by atoms with Crippen LogP contribution in [-0.2, 0) is 29.3 Å². The SMILES string of the molecule is O=C(ON1CCC(S(=O)(=O)[O-])C1)C1CCC(CN2C(=O)C=CC2=O)CC1. The highest BCUT2D eigenvalue weighted by atomic mass is 32.2. The number of rotatable bonds is 5. The van der Waals surface area contributed by atoms with Gasteiger partial charge in [-0.25, -0.2) is 8.42 Å². The summed E-state index contributed by atoms with van der Waals surface area (Å²) in [6.45, 7) is 0.514. The maximum absolute atomic E-state index is 12.2. The highest BCUT2D eigenvalue weighted by Crippen LogP contribution is 2.31. The first kappa shape index (κ1) is 19.0. The van der Waals surface area contributed by atoms with Crippen molar-refractivity contribution in [2.75, 3.05) is 19.6 Å². The number of nitrogens with zero attached hydrogens (tertiary/aromatic N) is 2. The van der Waals surface area contributed by atoms with Crippen molar-refractivity contribution in [2.24, 2.45) is 11.8 Å². The first-order valence-corrected chi connectivity index (χ1v) is 10.2. The van der Waals surface area contributed by atoms with Crippen molar-refractivity contribution in [1.29, 1.82) is 0 Å². The minimum Gasteiger partial charge on any atom is -0.748 e. The van der Waals surface area contributed by atoms with Crippen LogP contribution in [0.25, 0.3) is 0 Å². The Labute approximate surface area is 151 Å². The maximum atomic E-state index is 12.2. The van der Waals surface area contributed by atoms with Crippen LogP contribution >= 0.6 is 0 Å². The third-order valence-electron chi connectivity index (χ3n) is 5.26. The van der Waals surface area contributed by atoms with Gasteiger partial charge in [0.05, 0.1) is 27.8 Å². The molecule has 2 heterocycles. The number of carbonyl (C=O) groups is 3. The molecule has 10 heteroatoms. The Morgan fingerprint density at radius 1 is 1.12 bits per heavy atom. The Kier molecular flexibility index (Phi) is 5.44. The Morgan fingerprint density at radius 2 is 1.73 bits per heavy atom. The van der Waals surface area contributed by atoms with Crippen LogP contribution in [0.1, 0.15) is 32.1 Å². The van der Waals surface area contributed by atoms with Crippen LogP contribution in [0.2, 0.25) is 0 Å². The second-order valence-corrected chi connectivity index (χ2v) is 8.69. The molecule has 3 aliphatic rings. The van der Waals surface area contributed by atoms with Gasteiger partial charge in [-0.1, -0.05) is 0 Å². The van der Waals surface area contributed by atoms with Gasteiger partial charge in [-0.05, 0) is 38.0 Å². The number of amides is 2. The molecule has 2 aliphatic heterocycles. The highest BCUT2D eigenvalue weighted by Gasteiger charge is 2.34. The summed E-state index contributed by atoms with van der Waals surface area (Å²) in [4.78, 5) is 41.9. The van der Waals surface area contributed by atoms with Crippen LogP contribution in [0.3, 0.4) is 0 Å². The number of imide groups is 1. The molecule has 3 rings (SSSR count). The van der Waals surface area contributed by atoms with Gasteiger partial charge in [-0.15, -0.1) is 5.06 Å². The van der Waals surface area contributed by atoms with Crippen molar-refractivity contribution in [3.05, 3.63) is 12.2 Å². The quantitative estimate of drug-likeness (QED) is 0.470. The van der Waals surface area contributed by atoms with Gasteiger partial charge in [0.15, 0.2) is 0 Å². The maximum Gasteiger partial charge on any atom is 0.328 e. The Hall–Kier alpha value is -1.78. The van der Waals surface area contributed by atoms with E-state index in [-0.39, 0.29) is 43.2 Å². The van der Waals surface area contributed by atoms with E-state index in [9.17, 15) is 27.4 Å². The van der Waals surface area contributed by atoms with Crippen molar-refractivity contribution in [2.45, 2.75) is 37.4 Å². The second kappa shape index (κ2) is 7.45. The van der Waals surface area contributed by atoms with Crippen molar-refractivity contribution >= 4 is 27.9 Å².